The van der Waals surface area contributed by atoms with Crippen LogP contribution in [0, 0.1) is 0 Å². The van der Waals surface area contributed by atoms with Crippen LogP contribution in [-0.4, -0.2) is 31.2 Å². The fourth-order valence-electron chi connectivity index (χ4n) is 2.73. The summed E-state index contributed by atoms with van der Waals surface area (Å²) >= 11 is 7.29. The number of halogens is 1. The first-order valence-electron chi connectivity index (χ1n) is 8.68. The summed E-state index contributed by atoms with van der Waals surface area (Å²) in [6, 6.07) is 11.3. The molecule has 1 atom stereocenters. The van der Waals surface area contributed by atoms with Crippen molar-refractivity contribution in [2.45, 2.75) is 34.8 Å². The summed E-state index contributed by atoms with van der Waals surface area (Å²) in [5, 5.41) is 5.69. The van der Waals surface area contributed by atoms with Crippen molar-refractivity contribution in [3.8, 4) is 0 Å². The Morgan fingerprint density at radius 3 is 2.75 bits per heavy atom. The van der Waals surface area contributed by atoms with Crippen molar-refractivity contribution in [2.75, 3.05) is 16.4 Å². The SMILES string of the molecule is CC[C@@H]1Sc2ccc(S(=O)(=O)CCC(=O)Nc3cccc(Cl)c3)cc2NC1=O. The van der Waals surface area contributed by atoms with Gasteiger partial charge in [0, 0.05) is 22.0 Å². The van der Waals surface area contributed by atoms with Crippen LogP contribution in [-0.2, 0) is 19.4 Å². The van der Waals surface area contributed by atoms with Gasteiger partial charge in [-0.1, -0.05) is 24.6 Å². The number of hydrogen-bond donors (Lipinski definition) is 2. The molecule has 0 saturated carbocycles. The number of amides is 2. The minimum atomic E-state index is -3.67. The normalized spacial score (nSPS) is 16.2. The Bertz CT molecular complexity index is 1020. The second-order valence-electron chi connectivity index (χ2n) is 6.29. The van der Waals surface area contributed by atoms with Crippen LogP contribution in [0.1, 0.15) is 19.8 Å². The predicted octanol–water partition coefficient (Wildman–Crippen LogP) is 3.97. The van der Waals surface area contributed by atoms with Crippen molar-refractivity contribution < 1.29 is 18.0 Å². The van der Waals surface area contributed by atoms with Crippen LogP contribution >= 0.6 is 23.4 Å². The molecular weight excluding hydrogens is 420 g/mol. The van der Waals surface area contributed by atoms with Crippen molar-refractivity contribution in [2.24, 2.45) is 0 Å². The number of benzene rings is 2. The average molecular weight is 439 g/mol. The third-order valence-corrected chi connectivity index (χ3v) is 7.60. The molecule has 3 rings (SSSR count). The lowest BCUT2D eigenvalue weighted by Gasteiger charge is -2.23. The summed E-state index contributed by atoms with van der Waals surface area (Å²) < 4.78 is 25.2. The number of fused-ring (bicyclic) bond motifs is 1. The Kier molecular flexibility index (Phi) is 6.32. The number of rotatable bonds is 6. The molecular formula is C19H19ClN2O4S2. The van der Waals surface area contributed by atoms with E-state index in [1.165, 1.54) is 23.9 Å². The zero-order chi connectivity index (χ0) is 20.3. The predicted molar refractivity (Wildman–Crippen MR) is 112 cm³/mol. The van der Waals surface area contributed by atoms with Gasteiger partial charge >= 0.3 is 0 Å². The maximum absolute atomic E-state index is 12.6. The molecule has 1 heterocycles. The third kappa shape index (κ3) is 4.87. The van der Waals surface area contributed by atoms with Crippen LogP contribution in [0.3, 0.4) is 0 Å². The van der Waals surface area contributed by atoms with Crippen LogP contribution in [0.15, 0.2) is 52.3 Å². The molecule has 9 heteroatoms. The van der Waals surface area contributed by atoms with Gasteiger partial charge in [0.1, 0.15) is 0 Å². The highest BCUT2D eigenvalue weighted by atomic mass is 35.5. The number of hydrogen-bond acceptors (Lipinski definition) is 5. The molecule has 1 aliphatic heterocycles. The van der Waals surface area contributed by atoms with E-state index in [1.807, 2.05) is 6.92 Å². The van der Waals surface area contributed by atoms with E-state index >= 15 is 0 Å². The highest BCUT2D eigenvalue weighted by molar-refractivity contribution is 8.01. The van der Waals surface area contributed by atoms with E-state index in [-0.39, 0.29) is 28.2 Å². The molecule has 0 radical (unpaired) electrons. The monoisotopic (exact) mass is 438 g/mol. The van der Waals surface area contributed by atoms with Gasteiger partial charge in [-0.25, -0.2) is 8.42 Å². The molecule has 1 aliphatic rings. The van der Waals surface area contributed by atoms with Crippen molar-refractivity contribution >= 4 is 56.4 Å². The maximum atomic E-state index is 12.6. The molecule has 28 heavy (non-hydrogen) atoms. The molecule has 0 spiro atoms. The largest absolute Gasteiger partial charge is 0.326 e. The number of sulfone groups is 1. The first-order chi connectivity index (χ1) is 13.3. The van der Waals surface area contributed by atoms with E-state index in [4.69, 9.17) is 11.6 Å². The van der Waals surface area contributed by atoms with Gasteiger partial charge in [0.05, 0.1) is 21.6 Å². The fourth-order valence-corrected chi connectivity index (χ4v) is 5.20. The van der Waals surface area contributed by atoms with Crippen molar-refractivity contribution in [3.63, 3.8) is 0 Å². The molecule has 6 nitrogen and oxygen atoms in total. The van der Waals surface area contributed by atoms with Crippen LogP contribution < -0.4 is 10.6 Å². The smallest absolute Gasteiger partial charge is 0.237 e. The highest BCUT2D eigenvalue weighted by Crippen LogP contribution is 2.38. The Morgan fingerprint density at radius 1 is 1.25 bits per heavy atom. The van der Waals surface area contributed by atoms with Crippen LogP contribution in [0.2, 0.25) is 5.02 Å². The molecule has 2 amide bonds. The lowest BCUT2D eigenvalue weighted by atomic mass is 10.2. The van der Waals surface area contributed by atoms with E-state index in [2.05, 4.69) is 10.6 Å². The molecule has 2 N–H and O–H groups in total. The minimum absolute atomic E-state index is 0.0812. The highest BCUT2D eigenvalue weighted by Gasteiger charge is 2.27. The van der Waals surface area contributed by atoms with Gasteiger partial charge in [0.25, 0.3) is 0 Å². The summed E-state index contributed by atoms with van der Waals surface area (Å²) in [6.45, 7) is 1.93. The Morgan fingerprint density at radius 2 is 2.04 bits per heavy atom. The lowest BCUT2D eigenvalue weighted by molar-refractivity contribution is -0.116. The van der Waals surface area contributed by atoms with Crippen molar-refractivity contribution in [3.05, 3.63) is 47.5 Å². The molecule has 0 aliphatic carbocycles. The van der Waals surface area contributed by atoms with E-state index < -0.39 is 15.7 Å². The lowest BCUT2D eigenvalue weighted by Crippen LogP contribution is -2.28. The molecule has 0 aromatic heterocycles. The molecule has 0 saturated heterocycles. The summed E-state index contributed by atoms with van der Waals surface area (Å²) in [5.41, 5.74) is 0.998. The molecule has 0 fully saturated rings. The van der Waals surface area contributed by atoms with E-state index in [0.717, 1.165) is 4.90 Å². The second-order valence-corrected chi connectivity index (χ2v) is 10.1. The maximum Gasteiger partial charge on any atom is 0.237 e. The Hall–Kier alpha value is -2.03. The first kappa shape index (κ1) is 20.7. The number of carbonyl (C=O) groups is 2. The van der Waals surface area contributed by atoms with Crippen molar-refractivity contribution in [1.82, 2.24) is 0 Å². The Balaban J connectivity index is 1.67. The van der Waals surface area contributed by atoms with Gasteiger partial charge in [0.2, 0.25) is 11.8 Å². The van der Waals surface area contributed by atoms with Crippen molar-refractivity contribution in [1.29, 1.82) is 0 Å². The van der Waals surface area contributed by atoms with E-state index in [1.54, 1.807) is 30.3 Å². The topological polar surface area (TPSA) is 92.3 Å². The summed E-state index contributed by atoms with van der Waals surface area (Å²) in [5.74, 6) is -0.884. The zero-order valence-corrected chi connectivity index (χ0v) is 17.5. The molecule has 0 unspecified atom stereocenters. The first-order valence-corrected chi connectivity index (χ1v) is 11.6. The number of thioether (sulfide) groups is 1. The Labute approximate surface area is 173 Å². The molecule has 2 aromatic carbocycles. The summed E-state index contributed by atoms with van der Waals surface area (Å²) in [6.07, 6.45) is 0.503. The molecule has 0 bridgehead atoms. The van der Waals surface area contributed by atoms with Crippen LogP contribution in [0.4, 0.5) is 11.4 Å². The van der Waals surface area contributed by atoms with E-state index in [0.29, 0.717) is 22.8 Å². The van der Waals surface area contributed by atoms with Gasteiger partial charge in [-0.05, 0) is 42.8 Å². The number of anilines is 2. The van der Waals surface area contributed by atoms with Gasteiger partial charge in [-0.2, -0.15) is 0 Å². The second kappa shape index (κ2) is 8.55. The standard InChI is InChI=1S/C19H19ClN2O4S2/c1-2-16-19(24)22-15-11-14(6-7-17(15)27-16)28(25,26)9-8-18(23)21-13-5-3-4-12(20)10-13/h3-7,10-11,16H,2,8-9H2,1H3,(H,21,23)(H,22,24)/t16-/m0/s1. The summed E-state index contributed by atoms with van der Waals surface area (Å²) in [7, 11) is -3.67. The van der Waals surface area contributed by atoms with Gasteiger partial charge in [0.15, 0.2) is 9.84 Å². The average Bonchev–Trinajstić information content (AvgIpc) is 2.65. The van der Waals surface area contributed by atoms with Gasteiger partial charge < -0.3 is 10.6 Å². The zero-order valence-electron chi connectivity index (χ0n) is 15.1. The minimum Gasteiger partial charge on any atom is -0.326 e. The van der Waals surface area contributed by atoms with Gasteiger partial charge in [-0.3, -0.25) is 9.59 Å². The fraction of sp³-hybridized carbons (Fsp3) is 0.263. The molecule has 148 valence electrons. The van der Waals surface area contributed by atoms with Gasteiger partial charge in [-0.15, -0.1) is 11.8 Å². The third-order valence-electron chi connectivity index (χ3n) is 4.21. The van der Waals surface area contributed by atoms with Crippen LogP contribution in [0.25, 0.3) is 0 Å². The van der Waals surface area contributed by atoms with E-state index in [9.17, 15) is 18.0 Å². The number of nitrogens with one attached hydrogen (secondary N) is 2. The number of carbonyl (C=O) groups excluding carboxylic acids is 2. The summed E-state index contributed by atoms with van der Waals surface area (Å²) in [4.78, 5) is 25.0. The quantitative estimate of drug-likeness (QED) is 0.712. The molecule has 2 aromatic rings. The van der Waals surface area contributed by atoms with Crippen LogP contribution in [0.5, 0.6) is 0 Å².